The standard InChI is InChI=1S/C11H23NO/c1-10(2)13-9-5-7-12-8-6-11(12,3)4/h10H,5-9H2,1-4H3. The maximum atomic E-state index is 5.50. The zero-order valence-electron chi connectivity index (χ0n) is 9.47. The molecule has 0 aromatic rings. The number of rotatable bonds is 5. The second kappa shape index (κ2) is 4.43. The lowest BCUT2D eigenvalue weighted by atomic mass is 9.89. The van der Waals surface area contributed by atoms with Gasteiger partial charge in [-0.15, -0.1) is 0 Å². The SMILES string of the molecule is CC(C)OCCCN1CCC1(C)C. The Labute approximate surface area is 82.3 Å². The topological polar surface area (TPSA) is 12.5 Å². The molecule has 1 saturated heterocycles. The molecule has 13 heavy (non-hydrogen) atoms. The maximum absolute atomic E-state index is 5.50. The number of hydrogen-bond acceptors (Lipinski definition) is 2. The highest BCUT2D eigenvalue weighted by Gasteiger charge is 2.34. The van der Waals surface area contributed by atoms with Crippen LogP contribution >= 0.6 is 0 Å². The molecule has 0 unspecified atom stereocenters. The van der Waals surface area contributed by atoms with Crippen molar-refractivity contribution in [2.45, 2.75) is 52.2 Å². The van der Waals surface area contributed by atoms with Crippen LogP contribution in [-0.4, -0.2) is 36.2 Å². The summed E-state index contributed by atoms with van der Waals surface area (Å²) >= 11 is 0. The molecule has 1 heterocycles. The van der Waals surface area contributed by atoms with Crippen molar-refractivity contribution < 1.29 is 4.74 Å². The summed E-state index contributed by atoms with van der Waals surface area (Å²) in [6.07, 6.45) is 2.89. The molecule has 0 aromatic carbocycles. The van der Waals surface area contributed by atoms with Gasteiger partial charge in [0, 0.05) is 25.2 Å². The minimum atomic E-state index is 0.379. The monoisotopic (exact) mass is 185 g/mol. The van der Waals surface area contributed by atoms with Crippen LogP contribution in [0.2, 0.25) is 0 Å². The lowest BCUT2D eigenvalue weighted by molar-refractivity contribution is 0.00144. The van der Waals surface area contributed by atoms with Crippen LogP contribution in [0.15, 0.2) is 0 Å². The molecule has 0 radical (unpaired) electrons. The van der Waals surface area contributed by atoms with Crippen molar-refractivity contribution in [1.82, 2.24) is 4.90 Å². The first-order valence-electron chi connectivity index (χ1n) is 5.39. The molecule has 0 N–H and O–H groups in total. The third-order valence-electron chi connectivity index (χ3n) is 2.87. The average Bonchev–Trinajstić information content (AvgIpc) is 2.01. The quantitative estimate of drug-likeness (QED) is 0.609. The zero-order valence-corrected chi connectivity index (χ0v) is 9.47. The second-order valence-electron chi connectivity index (χ2n) is 4.82. The van der Waals surface area contributed by atoms with Crippen molar-refractivity contribution >= 4 is 0 Å². The van der Waals surface area contributed by atoms with Crippen LogP contribution < -0.4 is 0 Å². The second-order valence-corrected chi connectivity index (χ2v) is 4.82. The van der Waals surface area contributed by atoms with Gasteiger partial charge in [-0.05, 0) is 40.5 Å². The largest absolute Gasteiger partial charge is 0.379 e. The van der Waals surface area contributed by atoms with Crippen LogP contribution in [0.25, 0.3) is 0 Å². The molecule has 1 rings (SSSR count). The van der Waals surface area contributed by atoms with Gasteiger partial charge in [0.1, 0.15) is 0 Å². The molecule has 0 aromatic heterocycles. The molecule has 78 valence electrons. The first kappa shape index (κ1) is 11.0. The Morgan fingerprint density at radius 2 is 2.08 bits per heavy atom. The molecule has 0 amide bonds. The van der Waals surface area contributed by atoms with E-state index in [0.29, 0.717) is 11.6 Å². The normalized spacial score (nSPS) is 21.9. The minimum absolute atomic E-state index is 0.379. The molecule has 1 fully saturated rings. The van der Waals surface area contributed by atoms with Crippen molar-refractivity contribution in [2.24, 2.45) is 0 Å². The van der Waals surface area contributed by atoms with E-state index in [2.05, 4.69) is 32.6 Å². The molecular weight excluding hydrogens is 162 g/mol. The fourth-order valence-corrected chi connectivity index (χ4v) is 1.71. The van der Waals surface area contributed by atoms with Gasteiger partial charge in [-0.1, -0.05) is 0 Å². The number of hydrogen-bond donors (Lipinski definition) is 0. The maximum Gasteiger partial charge on any atom is 0.0518 e. The Morgan fingerprint density at radius 1 is 1.38 bits per heavy atom. The summed E-state index contributed by atoms with van der Waals surface area (Å²) in [5.41, 5.74) is 0.456. The highest BCUT2D eigenvalue weighted by Crippen LogP contribution is 2.28. The van der Waals surface area contributed by atoms with E-state index in [1.165, 1.54) is 25.9 Å². The molecule has 0 aliphatic carbocycles. The summed E-state index contributed by atoms with van der Waals surface area (Å²) in [7, 11) is 0. The fourth-order valence-electron chi connectivity index (χ4n) is 1.71. The number of nitrogens with zero attached hydrogens (tertiary/aromatic N) is 1. The van der Waals surface area contributed by atoms with Crippen LogP contribution in [0.5, 0.6) is 0 Å². The number of ether oxygens (including phenoxy) is 1. The van der Waals surface area contributed by atoms with Gasteiger partial charge >= 0.3 is 0 Å². The van der Waals surface area contributed by atoms with Gasteiger partial charge in [-0.2, -0.15) is 0 Å². The van der Waals surface area contributed by atoms with E-state index in [1.807, 2.05) is 0 Å². The van der Waals surface area contributed by atoms with Crippen molar-refractivity contribution in [3.63, 3.8) is 0 Å². The molecule has 0 spiro atoms. The van der Waals surface area contributed by atoms with Gasteiger partial charge in [0.2, 0.25) is 0 Å². The van der Waals surface area contributed by atoms with Gasteiger partial charge in [-0.25, -0.2) is 0 Å². The van der Waals surface area contributed by atoms with E-state index in [-0.39, 0.29) is 0 Å². The Morgan fingerprint density at radius 3 is 2.46 bits per heavy atom. The zero-order chi connectivity index (χ0) is 9.90. The summed E-state index contributed by atoms with van der Waals surface area (Å²) < 4.78 is 5.50. The summed E-state index contributed by atoms with van der Waals surface area (Å²) in [5.74, 6) is 0. The van der Waals surface area contributed by atoms with Crippen LogP contribution in [0.3, 0.4) is 0 Å². The van der Waals surface area contributed by atoms with E-state index in [1.54, 1.807) is 0 Å². The molecule has 2 heteroatoms. The predicted octanol–water partition coefficient (Wildman–Crippen LogP) is 2.29. The van der Waals surface area contributed by atoms with E-state index in [9.17, 15) is 0 Å². The Hall–Kier alpha value is -0.0800. The Balaban J connectivity index is 2.01. The third kappa shape index (κ3) is 3.28. The van der Waals surface area contributed by atoms with Crippen LogP contribution in [0, 0.1) is 0 Å². The highest BCUT2D eigenvalue weighted by atomic mass is 16.5. The van der Waals surface area contributed by atoms with Crippen LogP contribution in [-0.2, 0) is 4.74 Å². The molecule has 0 saturated carbocycles. The van der Waals surface area contributed by atoms with Gasteiger partial charge in [0.15, 0.2) is 0 Å². The summed E-state index contributed by atoms with van der Waals surface area (Å²) in [6.45, 7) is 12.2. The van der Waals surface area contributed by atoms with Crippen LogP contribution in [0.4, 0.5) is 0 Å². The average molecular weight is 185 g/mol. The van der Waals surface area contributed by atoms with Crippen molar-refractivity contribution in [3.8, 4) is 0 Å². The smallest absolute Gasteiger partial charge is 0.0518 e. The number of likely N-dealkylation sites (tertiary alicyclic amines) is 1. The summed E-state index contributed by atoms with van der Waals surface area (Å²) in [4.78, 5) is 2.54. The summed E-state index contributed by atoms with van der Waals surface area (Å²) in [5, 5.41) is 0. The van der Waals surface area contributed by atoms with E-state index in [4.69, 9.17) is 4.74 Å². The van der Waals surface area contributed by atoms with Crippen molar-refractivity contribution in [2.75, 3.05) is 19.7 Å². The Kier molecular flexibility index (Phi) is 3.74. The fraction of sp³-hybridized carbons (Fsp3) is 1.00. The Bertz CT molecular complexity index is 154. The van der Waals surface area contributed by atoms with E-state index >= 15 is 0 Å². The summed E-state index contributed by atoms with van der Waals surface area (Å²) in [6, 6.07) is 0. The molecule has 0 atom stereocenters. The van der Waals surface area contributed by atoms with Gasteiger partial charge < -0.3 is 4.74 Å². The van der Waals surface area contributed by atoms with Gasteiger partial charge in [-0.3, -0.25) is 4.90 Å². The minimum Gasteiger partial charge on any atom is -0.379 e. The van der Waals surface area contributed by atoms with E-state index in [0.717, 1.165) is 6.61 Å². The lowest BCUT2D eigenvalue weighted by Crippen LogP contribution is -2.55. The molecular formula is C11H23NO. The lowest BCUT2D eigenvalue weighted by Gasteiger charge is -2.48. The van der Waals surface area contributed by atoms with E-state index < -0.39 is 0 Å². The van der Waals surface area contributed by atoms with Crippen LogP contribution in [0.1, 0.15) is 40.5 Å². The van der Waals surface area contributed by atoms with Gasteiger partial charge in [0.25, 0.3) is 0 Å². The van der Waals surface area contributed by atoms with Gasteiger partial charge in [0.05, 0.1) is 6.10 Å². The first-order valence-corrected chi connectivity index (χ1v) is 5.39. The highest BCUT2D eigenvalue weighted by molar-refractivity contribution is 4.91. The van der Waals surface area contributed by atoms with Crippen molar-refractivity contribution in [1.29, 1.82) is 0 Å². The third-order valence-corrected chi connectivity index (χ3v) is 2.87. The van der Waals surface area contributed by atoms with Crippen molar-refractivity contribution in [3.05, 3.63) is 0 Å². The molecule has 0 bridgehead atoms. The first-order chi connectivity index (χ1) is 6.02. The molecule has 1 aliphatic rings. The molecule has 1 aliphatic heterocycles. The predicted molar refractivity (Wildman–Crippen MR) is 56.0 cm³/mol. The molecule has 2 nitrogen and oxygen atoms in total.